The number of halogens is 1. The number of hydrogen-bond donors (Lipinski definition) is 3. The van der Waals surface area contributed by atoms with Gasteiger partial charge in [-0.15, -0.1) is 0 Å². The van der Waals surface area contributed by atoms with Crippen LogP contribution in [0.2, 0.25) is 0 Å². The van der Waals surface area contributed by atoms with E-state index in [2.05, 4.69) is 31.1 Å². The van der Waals surface area contributed by atoms with Gasteiger partial charge in [0.05, 0.1) is 5.56 Å². The van der Waals surface area contributed by atoms with Gasteiger partial charge >= 0.3 is 0 Å². The summed E-state index contributed by atoms with van der Waals surface area (Å²) in [5.41, 5.74) is 6.15. The summed E-state index contributed by atoms with van der Waals surface area (Å²) >= 11 is 0. The molecule has 0 aliphatic carbocycles. The molecule has 1 amide bonds. The van der Waals surface area contributed by atoms with E-state index in [-0.39, 0.29) is 11.9 Å². The number of benzene rings is 1. The molecule has 0 fully saturated rings. The third-order valence-electron chi connectivity index (χ3n) is 4.37. The zero-order valence-corrected chi connectivity index (χ0v) is 16.5. The third-order valence-corrected chi connectivity index (χ3v) is 4.37. The number of amidine groups is 1. The van der Waals surface area contributed by atoms with Crippen molar-refractivity contribution >= 4 is 23.1 Å². The van der Waals surface area contributed by atoms with Gasteiger partial charge in [-0.05, 0) is 44.5 Å². The van der Waals surface area contributed by atoms with Gasteiger partial charge in [0.15, 0.2) is 0 Å². The molecule has 7 nitrogen and oxygen atoms in total. The van der Waals surface area contributed by atoms with E-state index in [1.54, 1.807) is 25.4 Å². The van der Waals surface area contributed by atoms with Crippen molar-refractivity contribution in [3.63, 3.8) is 0 Å². The average Bonchev–Trinajstić information content (AvgIpc) is 3.12. The summed E-state index contributed by atoms with van der Waals surface area (Å²) in [5.74, 6) is -0.105. The van der Waals surface area contributed by atoms with Crippen molar-refractivity contribution < 1.29 is 9.18 Å². The minimum absolute atomic E-state index is 0.00700. The van der Waals surface area contributed by atoms with Gasteiger partial charge in [0, 0.05) is 48.0 Å². The van der Waals surface area contributed by atoms with Crippen LogP contribution in [0.4, 0.5) is 10.1 Å². The van der Waals surface area contributed by atoms with Gasteiger partial charge in [0.2, 0.25) is 5.95 Å². The first kappa shape index (κ1) is 20.2. The largest absolute Gasteiger partial charge is 0.383 e. The van der Waals surface area contributed by atoms with E-state index in [0.29, 0.717) is 16.8 Å². The molecule has 29 heavy (non-hydrogen) atoms. The fourth-order valence-electron chi connectivity index (χ4n) is 2.74. The van der Waals surface area contributed by atoms with E-state index < -0.39 is 5.95 Å². The van der Waals surface area contributed by atoms with E-state index in [1.165, 1.54) is 12.3 Å². The molecule has 2 aromatic rings. The van der Waals surface area contributed by atoms with Crippen LogP contribution in [-0.2, 0) is 0 Å². The normalized spacial score (nSPS) is 15.9. The Balaban J connectivity index is 1.59. The van der Waals surface area contributed by atoms with Crippen LogP contribution in [0.1, 0.15) is 47.8 Å². The molecular weight excluding hydrogens is 371 g/mol. The molecular formula is C21H23FN6O. The summed E-state index contributed by atoms with van der Waals surface area (Å²) in [5, 5.41) is 10.1. The molecule has 1 aromatic heterocycles. The summed E-state index contributed by atoms with van der Waals surface area (Å²) in [6, 6.07) is 9.00. The van der Waals surface area contributed by atoms with Crippen molar-refractivity contribution in [1.29, 1.82) is 0 Å². The Bertz CT molecular complexity index is 998. The van der Waals surface area contributed by atoms with Crippen molar-refractivity contribution in [1.82, 2.24) is 15.7 Å². The fraction of sp³-hybridized carbons (Fsp3) is 0.238. The average molecular weight is 394 g/mol. The molecule has 3 N–H and O–H groups in total. The highest BCUT2D eigenvalue weighted by atomic mass is 19.1. The predicted octanol–water partition coefficient (Wildman–Crippen LogP) is 3.67. The van der Waals surface area contributed by atoms with E-state index >= 15 is 0 Å². The lowest BCUT2D eigenvalue weighted by Gasteiger charge is -2.14. The molecule has 0 spiro atoms. The number of carbonyl (C=O) groups excluding carboxylic acids is 1. The van der Waals surface area contributed by atoms with Gasteiger partial charge < -0.3 is 10.6 Å². The molecule has 0 radical (unpaired) electrons. The molecule has 1 aromatic carbocycles. The quantitative estimate of drug-likeness (QED) is 0.652. The predicted molar refractivity (Wildman–Crippen MR) is 112 cm³/mol. The number of aromatic nitrogens is 1. The van der Waals surface area contributed by atoms with E-state index in [4.69, 9.17) is 0 Å². The molecule has 1 unspecified atom stereocenters. The number of amides is 1. The summed E-state index contributed by atoms with van der Waals surface area (Å²) in [7, 11) is 0. The summed E-state index contributed by atoms with van der Waals surface area (Å²) in [4.78, 5) is 20.3. The van der Waals surface area contributed by atoms with Crippen LogP contribution >= 0.6 is 0 Å². The highest BCUT2D eigenvalue weighted by Gasteiger charge is 2.11. The number of nitrogens with zero attached hydrogens (tertiary/aromatic N) is 3. The van der Waals surface area contributed by atoms with Crippen molar-refractivity contribution in [2.45, 2.75) is 33.2 Å². The van der Waals surface area contributed by atoms with E-state index in [9.17, 15) is 9.18 Å². The molecule has 1 aliphatic heterocycles. The minimum atomic E-state index is -0.576. The number of pyridine rings is 1. The lowest BCUT2D eigenvalue weighted by molar-refractivity contribution is 0.102. The van der Waals surface area contributed by atoms with Crippen LogP contribution in [-0.4, -0.2) is 22.4 Å². The SMILES string of the molecule is CC1=NNC(=NC=CNC(C)c2cccc(NC(=O)c3cnc(F)c(C)c3)c2)C1. The Morgan fingerprint density at radius 1 is 1.34 bits per heavy atom. The summed E-state index contributed by atoms with van der Waals surface area (Å²) in [6.45, 7) is 5.52. The van der Waals surface area contributed by atoms with Crippen molar-refractivity contribution in [2.24, 2.45) is 10.1 Å². The number of rotatable bonds is 6. The number of aliphatic imine (C=N–C) groups is 1. The van der Waals surface area contributed by atoms with Crippen LogP contribution in [0.15, 0.2) is 59.0 Å². The molecule has 0 bridgehead atoms. The van der Waals surface area contributed by atoms with Crippen LogP contribution in [0, 0.1) is 12.9 Å². The number of carbonyl (C=O) groups is 1. The second kappa shape index (κ2) is 9.09. The second-order valence-electron chi connectivity index (χ2n) is 6.83. The lowest BCUT2D eigenvalue weighted by atomic mass is 10.1. The van der Waals surface area contributed by atoms with Crippen LogP contribution in [0.3, 0.4) is 0 Å². The summed E-state index contributed by atoms with van der Waals surface area (Å²) < 4.78 is 13.3. The van der Waals surface area contributed by atoms with Crippen molar-refractivity contribution in [3.05, 3.63) is 71.6 Å². The fourth-order valence-corrected chi connectivity index (χ4v) is 2.74. The molecule has 2 heterocycles. The molecule has 0 saturated heterocycles. The molecule has 3 rings (SSSR count). The zero-order valence-electron chi connectivity index (χ0n) is 16.5. The van der Waals surface area contributed by atoms with Gasteiger partial charge in [-0.1, -0.05) is 12.1 Å². The van der Waals surface area contributed by atoms with Gasteiger partial charge in [-0.3, -0.25) is 10.2 Å². The highest BCUT2D eigenvalue weighted by molar-refractivity contribution is 6.06. The van der Waals surface area contributed by atoms with Gasteiger partial charge in [-0.25, -0.2) is 9.98 Å². The van der Waals surface area contributed by atoms with Crippen LogP contribution in [0.25, 0.3) is 0 Å². The van der Waals surface area contributed by atoms with Gasteiger partial charge in [0.25, 0.3) is 5.91 Å². The third kappa shape index (κ3) is 5.47. The lowest BCUT2D eigenvalue weighted by Crippen LogP contribution is -2.15. The number of hydrazone groups is 1. The zero-order chi connectivity index (χ0) is 20.8. The standard InChI is InChI=1S/C21H23FN6O/c1-13-9-17(12-25-20(13)22)21(29)26-18-6-4-5-16(11-18)15(3)23-7-8-24-19-10-14(2)27-28-19/h4-9,11-12,15,23H,10H2,1-3H3,(H,24,28)(H,26,29). The first-order valence-corrected chi connectivity index (χ1v) is 9.23. The molecule has 150 valence electrons. The highest BCUT2D eigenvalue weighted by Crippen LogP contribution is 2.18. The van der Waals surface area contributed by atoms with Gasteiger partial charge in [0.1, 0.15) is 5.84 Å². The maximum absolute atomic E-state index is 13.3. The van der Waals surface area contributed by atoms with E-state index in [1.807, 2.05) is 32.0 Å². The second-order valence-corrected chi connectivity index (χ2v) is 6.83. The molecule has 8 heteroatoms. The summed E-state index contributed by atoms with van der Waals surface area (Å²) in [6.07, 6.45) is 5.40. The molecule has 0 saturated carbocycles. The Kier molecular flexibility index (Phi) is 6.33. The monoisotopic (exact) mass is 394 g/mol. The van der Waals surface area contributed by atoms with E-state index in [0.717, 1.165) is 23.5 Å². The number of hydrogen-bond acceptors (Lipinski definition) is 5. The topological polar surface area (TPSA) is 90.8 Å². The molecule has 1 atom stereocenters. The minimum Gasteiger partial charge on any atom is -0.383 e. The first-order chi connectivity index (χ1) is 13.9. The van der Waals surface area contributed by atoms with Gasteiger partial charge in [-0.2, -0.15) is 9.49 Å². The smallest absolute Gasteiger partial charge is 0.257 e. The van der Waals surface area contributed by atoms with Crippen molar-refractivity contribution in [2.75, 3.05) is 5.32 Å². The first-order valence-electron chi connectivity index (χ1n) is 9.23. The Labute approximate surface area is 168 Å². The molecule has 1 aliphatic rings. The Morgan fingerprint density at radius 2 is 2.17 bits per heavy atom. The maximum Gasteiger partial charge on any atom is 0.257 e. The Morgan fingerprint density at radius 3 is 2.90 bits per heavy atom. The Hall–Kier alpha value is -3.55. The van der Waals surface area contributed by atoms with Crippen LogP contribution in [0.5, 0.6) is 0 Å². The van der Waals surface area contributed by atoms with Crippen molar-refractivity contribution in [3.8, 4) is 0 Å². The number of aryl methyl sites for hydroxylation is 1. The maximum atomic E-state index is 13.3. The number of nitrogens with one attached hydrogen (secondary N) is 3. The van der Waals surface area contributed by atoms with Crippen LogP contribution < -0.4 is 16.1 Å². The number of anilines is 1.